The van der Waals surface area contributed by atoms with Gasteiger partial charge < -0.3 is 9.84 Å². The molecule has 2 aromatic rings. The maximum atomic E-state index is 12.4. The molecule has 7 heteroatoms. The first-order chi connectivity index (χ1) is 9.38. The van der Waals surface area contributed by atoms with E-state index in [4.69, 9.17) is 5.11 Å². The zero-order valence-electron chi connectivity index (χ0n) is 10.8. The topological polar surface area (TPSA) is 64.4 Å². The smallest absolute Gasteiger partial charge is 0.388 e. The number of aryl methyl sites for hydroxylation is 2. The highest BCUT2D eigenvalue weighted by molar-refractivity contribution is 5.85. The van der Waals surface area contributed by atoms with Crippen molar-refractivity contribution in [1.29, 1.82) is 0 Å². The van der Waals surface area contributed by atoms with Crippen molar-refractivity contribution in [3.8, 4) is 11.6 Å². The number of halogens is 2. The standard InChI is InChI=1S/C13H12F2N2O3/c1-7-3-4-9(5-8(7)2)17-11(20-13(14)15)6-10(16-17)12(18)19/h3-6,13H,1-2H3,(H,18,19). The third kappa shape index (κ3) is 2.76. The lowest BCUT2D eigenvalue weighted by Gasteiger charge is -2.09. The number of carboxylic acid groups (broad SMARTS) is 1. The summed E-state index contributed by atoms with van der Waals surface area (Å²) in [6.07, 6.45) is 0. The Morgan fingerprint density at radius 2 is 2.00 bits per heavy atom. The molecule has 0 saturated heterocycles. The molecule has 5 nitrogen and oxygen atoms in total. The first kappa shape index (κ1) is 14.0. The molecule has 1 heterocycles. The van der Waals surface area contributed by atoms with Gasteiger partial charge in [0.15, 0.2) is 5.69 Å². The molecular formula is C13H12F2N2O3. The molecule has 0 atom stereocenters. The number of rotatable bonds is 4. The summed E-state index contributed by atoms with van der Waals surface area (Å²) < 4.78 is 30.1. The second kappa shape index (κ2) is 5.28. The molecule has 0 fully saturated rings. The number of ether oxygens (including phenoxy) is 1. The van der Waals surface area contributed by atoms with Gasteiger partial charge in [-0.1, -0.05) is 6.07 Å². The molecular weight excluding hydrogens is 270 g/mol. The third-order valence-electron chi connectivity index (χ3n) is 2.84. The van der Waals surface area contributed by atoms with Gasteiger partial charge in [0.25, 0.3) is 0 Å². The lowest BCUT2D eigenvalue weighted by atomic mass is 10.1. The molecule has 0 radical (unpaired) electrons. The molecule has 0 aliphatic rings. The number of benzene rings is 1. The van der Waals surface area contributed by atoms with Crippen LogP contribution in [0.2, 0.25) is 0 Å². The molecule has 2 rings (SSSR count). The molecule has 0 spiro atoms. The molecule has 1 aromatic carbocycles. The molecule has 20 heavy (non-hydrogen) atoms. The van der Waals surface area contributed by atoms with Crippen LogP contribution in [0.4, 0.5) is 8.78 Å². The van der Waals surface area contributed by atoms with Crippen molar-refractivity contribution >= 4 is 5.97 Å². The summed E-state index contributed by atoms with van der Waals surface area (Å²) in [5, 5.41) is 12.6. The van der Waals surface area contributed by atoms with Gasteiger partial charge in [-0.05, 0) is 37.1 Å². The average molecular weight is 282 g/mol. The van der Waals surface area contributed by atoms with Gasteiger partial charge in [-0.2, -0.15) is 13.9 Å². The summed E-state index contributed by atoms with van der Waals surface area (Å²) in [6.45, 7) is 0.703. The molecule has 0 bridgehead atoms. The van der Waals surface area contributed by atoms with Crippen LogP contribution >= 0.6 is 0 Å². The highest BCUT2D eigenvalue weighted by Crippen LogP contribution is 2.23. The molecule has 1 N–H and O–H groups in total. The van der Waals surface area contributed by atoms with Gasteiger partial charge >= 0.3 is 12.6 Å². The maximum absolute atomic E-state index is 12.4. The predicted molar refractivity (Wildman–Crippen MR) is 66.6 cm³/mol. The van der Waals surface area contributed by atoms with Crippen LogP contribution in [0.3, 0.4) is 0 Å². The number of hydrogen-bond acceptors (Lipinski definition) is 3. The van der Waals surface area contributed by atoms with Crippen molar-refractivity contribution in [2.24, 2.45) is 0 Å². The second-order valence-electron chi connectivity index (χ2n) is 4.23. The maximum Gasteiger partial charge on any atom is 0.388 e. The number of alkyl halides is 2. The Hall–Kier alpha value is -2.44. The SMILES string of the molecule is Cc1ccc(-n2nc(C(=O)O)cc2OC(F)F)cc1C. The zero-order chi connectivity index (χ0) is 14.9. The van der Waals surface area contributed by atoms with E-state index in [2.05, 4.69) is 9.84 Å². The van der Waals surface area contributed by atoms with E-state index in [1.165, 1.54) is 0 Å². The van der Waals surface area contributed by atoms with Crippen LogP contribution in [0, 0.1) is 13.8 Å². The van der Waals surface area contributed by atoms with Gasteiger partial charge in [-0.3, -0.25) is 0 Å². The van der Waals surface area contributed by atoms with Crippen molar-refractivity contribution in [2.45, 2.75) is 20.5 Å². The molecule has 0 saturated carbocycles. The summed E-state index contributed by atoms with van der Waals surface area (Å²) in [5.41, 5.74) is 2.05. The zero-order valence-corrected chi connectivity index (χ0v) is 10.8. The Kier molecular flexibility index (Phi) is 3.69. The number of carboxylic acids is 1. The molecule has 1 aromatic heterocycles. The first-order valence-electron chi connectivity index (χ1n) is 5.74. The fourth-order valence-corrected chi connectivity index (χ4v) is 1.69. The summed E-state index contributed by atoms with van der Waals surface area (Å²) in [4.78, 5) is 10.9. The average Bonchev–Trinajstić information content (AvgIpc) is 2.76. The van der Waals surface area contributed by atoms with Crippen LogP contribution in [-0.2, 0) is 0 Å². The van der Waals surface area contributed by atoms with Crippen molar-refractivity contribution in [1.82, 2.24) is 9.78 Å². The van der Waals surface area contributed by atoms with Crippen LogP contribution < -0.4 is 4.74 Å². The molecule has 0 amide bonds. The first-order valence-corrected chi connectivity index (χ1v) is 5.74. The predicted octanol–water partition coefficient (Wildman–Crippen LogP) is 2.79. The quantitative estimate of drug-likeness (QED) is 0.936. The third-order valence-corrected chi connectivity index (χ3v) is 2.84. The Morgan fingerprint density at radius 1 is 1.30 bits per heavy atom. The van der Waals surface area contributed by atoms with Crippen molar-refractivity contribution in [3.05, 3.63) is 41.1 Å². The molecule has 0 aliphatic heterocycles. The van der Waals surface area contributed by atoms with Gasteiger partial charge in [-0.25, -0.2) is 9.48 Å². The highest BCUT2D eigenvalue weighted by atomic mass is 19.3. The summed E-state index contributed by atoms with van der Waals surface area (Å²) in [5.74, 6) is -1.63. The minimum Gasteiger partial charge on any atom is -0.476 e. The molecule has 106 valence electrons. The molecule has 0 aliphatic carbocycles. The van der Waals surface area contributed by atoms with Crippen LogP contribution in [0.1, 0.15) is 21.6 Å². The Balaban J connectivity index is 2.52. The van der Waals surface area contributed by atoms with E-state index in [9.17, 15) is 13.6 Å². The van der Waals surface area contributed by atoms with Crippen molar-refractivity contribution < 1.29 is 23.4 Å². The van der Waals surface area contributed by atoms with E-state index in [0.29, 0.717) is 5.69 Å². The van der Waals surface area contributed by atoms with Crippen LogP contribution in [0.15, 0.2) is 24.3 Å². The lowest BCUT2D eigenvalue weighted by Crippen LogP contribution is -2.08. The highest BCUT2D eigenvalue weighted by Gasteiger charge is 2.18. The fraction of sp³-hybridized carbons (Fsp3) is 0.231. The van der Waals surface area contributed by atoms with Crippen LogP contribution in [0.25, 0.3) is 5.69 Å². The number of aromatic nitrogens is 2. The summed E-state index contributed by atoms with van der Waals surface area (Å²) in [6, 6.07) is 6.12. The number of nitrogens with zero attached hydrogens (tertiary/aromatic N) is 2. The van der Waals surface area contributed by atoms with E-state index in [-0.39, 0.29) is 11.6 Å². The van der Waals surface area contributed by atoms with Gasteiger partial charge in [0, 0.05) is 6.07 Å². The van der Waals surface area contributed by atoms with Crippen LogP contribution in [-0.4, -0.2) is 27.5 Å². The van der Waals surface area contributed by atoms with Crippen molar-refractivity contribution in [2.75, 3.05) is 0 Å². The van der Waals surface area contributed by atoms with Crippen LogP contribution in [0.5, 0.6) is 5.88 Å². The van der Waals surface area contributed by atoms with Gasteiger partial charge in [0.05, 0.1) is 5.69 Å². The van der Waals surface area contributed by atoms with E-state index in [1.807, 2.05) is 13.8 Å². The summed E-state index contributed by atoms with van der Waals surface area (Å²) in [7, 11) is 0. The Bertz CT molecular complexity index is 653. The van der Waals surface area contributed by atoms with Gasteiger partial charge in [0.2, 0.25) is 5.88 Å². The van der Waals surface area contributed by atoms with Crippen molar-refractivity contribution in [3.63, 3.8) is 0 Å². The minimum atomic E-state index is -3.06. The lowest BCUT2D eigenvalue weighted by molar-refractivity contribution is -0.0544. The van der Waals surface area contributed by atoms with Gasteiger partial charge in [-0.15, -0.1) is 0 Å². The fourth-order valence-electron chi connectivity index (χ4n) is 1.69. The molecule has 0 unspecified atom stereocenters. The monoisotopic (exact) mass is 282 g/mol. The second-order valence-corrected chi connectivity index (χ2v) is 4.23. The summed E-state index contributed by atoms with van der Waals surface area (Å²) >= 11 is 0. The Morgan fingerprint density at radius 3 is 2.55 bits per heavy atom. The van der Waals surface area contributed by atoms with Gasteiger partial charge in [0.1, 0.15) is 0 Å². The van der Waals surface area contributed by atoms with E-state index >= 15 is 0 Å². The normalized spacial score (nSPS) is 10.8. The number of hydrogen-bond donors (Lipinski definition) is 1. The van der Waals surface area contributed by atoms with E-state index in [0.717, 1.165) is 21.9 Å². The Labute approximate surface area is 113 Å². The number of aromatic carboxylic acids is 1. The van der Waals surface area contributed by atoms with E-state index in [1.54, 1.807) is 18.2 Å². The largest absolute Gasteiger partial charge is 0.476 e. The van der Waals surface area contributed by atoms with E-state index < -0.39 is 12.6 Å². The minimum absolute atomic E-state index is 0.319. The number of carbonyl (C=O) groups is 1.